The number of carbonyl (C=O) groups is 1. The number of urea groups is 1. The highest BCUT2D eigenvalue weighted by atomic mass is 32.1. The van der Waals surface area contributed by atoms with Gasteiger partial charge in [0.1, 0.15) is 5.01 Å². The van der Waals surface area contributed by atoms with E-state index in [0.29, 0.717) is 13.0 Å². The maximum atomic E-state index is 12.0. The van der Waals surface area contributed by atoms with Gasteiger partial charge in [-0.05, 0) is 24.0 Å². The highest BCUT2D eigenvalue weighted by Gasteiger charge is 2.18. The molecule has 2 aromatic rings. The molecule has 1 aromatic heterocycles. The van der Waals surface area contributed by atoms with E-state index in [0.717, 1.165) is 16.3 Å². The van der Waals surface area contributed by atoms with Crippen LogP contribution in [0.5, 0.6) is 0 Å². The van der Waals surface area contributed by atoms with Gasteiger partial charge in [0.25, 0.3) is 0 Å². The summed E-state index contributed by atoms with van der Waals surface area (Å²) in [5.41, 5.74) is 1.58. The van der Waals surface area contributed by atoms with Crippen molar-refractivity contribution in [3.05, 3.63) is 35.8 Å². The van der Waals surface area contributed by atoms with Gasteiger partial charge < -0.3 is 15.7 Å². The molecular weight excluding hydrogens is 298 g/mol. The van der Waals surface area contributed by atoms with Crippen molar-refractivity contribution in [2.45, 2.75) is 20.3 Å². The van der Waals surface area contributed by atoms with Crippen molar-refractivity contribution in [1.29, 1.82) is 0 Å². The predicted molar refractivity (Wildman–Crippen MR) is 90.1 cm³/mol. The fraction of sp³-hybridized carbons (Fsp3) is 0.375. The van der Waals surface area contributed by atoms with E-state index >= 15 is 0 Å². The highest BCUT2D eigenvalue weighted by molar-refractivity contribution is 7.13. The van der Waals surface area contributed by atoms with Crippen LogP contribution < -0.4 is 10.6 Å². The van der Waals surface area contributed by atoms with Crippen molar-refractivity contribution in [2.75, 3.05) is 18.5 Å². The van der Waals surface area contributed by atoms with E-state index in [-0.39, 0.29) is 18.1 Å². The summed E-state index contributed by atoms with van der Waals surface area (Å²) >= 11 is 1.56. The van der Waals surface area contributed by atoms with Gasteiger partial charge in [0.05, 0.1) is 0 Å². The van der Waals surface area contributed by atoms with Crippen LogP contribution in [-0.2, 0) is 0 Å². The summed E-state index contributed by atoms with van der Waals surface area (Å²) in [7, 11) is 0. The Morgan fingerprint density at radius 1 is 1.41 bits per heavy atom. The molecule has 1 aromatic carbocycles. The Balaban J connectivity index is 1.93. The number of thiazole rings is 1. The van der Waals surface area contributed by atoms with Gasteiger partial charge in [-0.25, -0.2) is 9.78 Å². The van der Waals surface area contributed by atoms with Crippen LogP contribution in [-0.4, -0.2) is 29.3 Å². The minimum absolute atomic E-state index is 0.117. The smallest absolute Gasteiger partial charge is 0.319 e. The largest absolute Gasteiger partial charge is 0.396 e. The third-order valence-electron chi connectivity index (χ3n) is 3.32. The monoisotopic (exact) mass is 319 g/mol. The molecule has 0 saturated heterocycles. The first kappa shape index (κ1) is 16.5. The molecule has 0 aliphatic carbocycles. The van der Waals surface area contributed by atoms with Gasteiger partial charge in [-0.1, -0.05) is 26.0 Å². The van der Waals surface area contributed by atoms with Gasteiger partial charge in [0, 0.05) is 36.0 Å². The van der Waals surface area contributed by atoms with Crippen molar-refractivity contribution < 1.29 is 9.90 Å². The molecule has 0 aliphatic heterocycles. The molecule has 2 rings (SSSR count). The van der Waals surface area contributed by atoms with Gasteiger partial charge in [-0.3, -0.25) is 0 Å². The number of carbonyl (C=O) groups excluding carboxylic acids is 1. The van der Waals surface area contributed by atoms with Crippen molar-refractivity contribution >= 4 is 23.1 Å². The number of amides is 2. The van der Waals surface area contributed by atoms with Gasteiger partial charge in [-0.15, -0.1) is 11.3 Å². The second kappa shape index (κ2) is 7.38. The number of aliphatic hydroxyl groups is 1. The van der Waals surface area contributed by atoms with Gasteiger partial charge in [0.2, 0.25) is 0 Å². The fourth-order valence-corrected chi connectivity index (χ4v) is 2.62. The predicted octanol–water partition coefficient (Wildman–Crippen LogP) is 3.34. The lowest BCUT2D eigenvalue weighted by Crippen LogP contribution is -2.37. The zero-order chi connectivity index (χ0) is 16.0. The lowest BCUT2D eigenvalue weighted by molar-refractivity contribution is 0.204. The molecule has 2 amide bonds. The van der Waals surface area contributed by atoms with Crippen LogP contribution in [0.1, 0.15) is 20.3 Å². The molecule has 0 unspecified atom stereocenters. The second-order valence-corrected chi connectivity index (χ2v) is 6.76. The van der Waals surface area contributed by atoms with Crippen LogP contribution in [0.15, 0.2) is 35.8 Å². The van der Waals surface area contributed by atoms with E-state index in [9.17, 15) is 4.79 Å². The molecule has 0 fully saturated rings. The van der Waals surface area contributed by atoms with Crippen LogP contribution in [0, 0.1) is 5.41 Å². The zero-order valence-electron chi connectivity index (χ0n) is 12.8. The molecule has 22 heavy (non-hydrogen) atoms. The first-order valence-electron chi connectivity index (χ1n) is 7.16. The van der Waals surface area contributed by atoms with Crippen molar-refractivity contribution in [3.8, 4) is 10.6 Å². The molecule has 0 saturated carbocycles. The lowest BCUT2D eigenvalue weighted by Gasteiger charge is -2.23. The highest BCUT2D eigenvalue weighted by Crippen LogP contribution is 2.24. The van der Waals surface area contributed by atoms with Crippen LogP contribution in [0.2, 0.25) is 0 Å². The van der Waals surface area contributed by atoms with E-state index in [1.54, 1.807) is 17.5 Å². The van der Waals surface area contributed by atoms with E-state index in [1.807, 2.05) is 43.5 Å². The number of aromatic nitrogens is 1. The number of aliphatic hydroxyl groups excluding tert-OH is 1. The Bertz CT molecular complexity index is 612. The van der Waals surface area contributed by atoms with Crippen LogP contribution in [0.3, 0.4) is 0 Å². The Kier molecular flexibility index (Phi) is 5.51. The molecule has 3 N–H and O–H groups in total. The number of nitrogens with one attached hydrogen (secondary N) is 2. The normalized spacial score (nSPS) is 11.2. The van der Waals surface area contributed by atoms with Crippen molar-refractivity contribution in [3.63, 3.8) is 0 Å². The molecule has 6 heteroatoms. The Hall–Kier alpha value is -1.92. The third-order valence-corrected chi connectivity index (χ3v) is 4.14. The Morgan fingerprint density at radius 3 is 2.91 bits per heavy atom. The molecular formula is C16H21N3O2S. The SMILES string of the molecule is CC(C)(CCO)CNC(=O)Nc1cccc(-c2nccs2)c1. The number of hydrogen-bond donors (Lipinski definition) is 3. The molecule has 0 aliphatic rings. The molecule has 0 bridgehead atoms. The minimum atomic E-state index is -0.248. The van der Waals surface area contributed by atoms with Crippen LogP contribution >= 0.6 is 11.3 Å². The molecule has 5 nitrogen and oxygen atoms in total. The topological polar surface area (TPSA) is 74.2 Å². The van der Waals surface area contributed by atoms with E-state index in [1.165, 1.54) is 0 Å². The summed E-state index contributed by atoms with van der Waals surface area (Å²) in [4.78, 5) is 16.2. The second-order valence-electron chi connectivity index (χ2n) is 5.86. The number of nitrogens with zero attached hydrogens (tertiary/aromatic N) is 1. The maximum absolute atomic E-state index is 12.0. The molecule has 118 valence electrons. The van der Waals surface area contributed by atoms with E-state index in [4.69, 9.17) is 5.11 Å². The van der Waals surface area contributed by atoms with Crippen LogP contribution in [0.25, 0.3) is 10.6 Å². The average molecular weight is 319 g/mol. The van der Waals surface area contributed by atoms with Crippen LogP contribution in [0.4, 0.5) is 10.5 Å². The summed E-state index contributed by atoms with van der Waals surface area (Å²) in [6.07, 6.45) is 2.41. The first-order valence-corrected chi connectivity index (χ1v) is 8.04. The summed E-state index contributed by atoms with van der Waals surface area (Å²) in [5.74, 6) is 0. The molecule has 0 atom stereocenters. The summed E-state index contributed by atoms with van der Waals surface area (Å²) in [6.45, 7) is 4.64. The summed E-state index contributed by atoms with van der Waals surface area (Å²) < 4.78 is 0. The minimum Gasteiger partial charge on any atom is -0.396 e. The van der Waals surface area contributed by atoms with Crippen molar-refractivity contribution in [2.24, 2.45) is 5.41 Å². The van der Waals surface area contributed by atoms with Gasteiger partial charge in [0.15, 0.2) is 0 Å². The number of benzene rings is 1. The number of hydrogen-bond acceptors (Lipinski definition) is 4. The zero-order valence-corrected chi connectivity index (χ0v) is 13.6. The first-order chi connectivity index (χ1) is 10.5. The standard InChI is InChI=1S/C16H21N3O2S/c1-16(2,6-8-20)11-18-15(21)19-13-5-3-4-12(10-13)14-17-7-9-22-14/h3-5,7,9-10,20H,6,8,11H2,1-2H3,(H2,18,19,21). The summed E-state index contributed by atoms with van der Waals surface area (Å²) in [6, 6.07) is 7.35. The molecule has 1 heterocycles. The number of anilines is 1. The fourth-order valence-electron chi connectivity index (χ4n) is 1.98. The molecule has 0 spiro atoms. The average Bonchev–Trinajstić information content (AvgIpc) is 3.00. The van der Waals surface area contributed by atoms with E-state index < -0.39 is 0 Å². The Morgan fingerprint density at radius 2 is 2.23 bits per heavy atom. The summed E-state index contributed by atoms with van der Waals surface area (Å²) in [5, 5.41) is 17.5. The third kappa shape index (κ3) is 4.82. The van der Waals surface area contributed by atoms with Gasteiger partial charge in [-0.2, -0.15) is 0 Å². The number of rotatable bonds is 6. The van der Waals surface area contributed by atoms with Crippen molar-refractivity contribution in [1.82, 2.24) is 10.3 Å². The lowest BCUT2D eigenvalue weighted by atomic mass is 9.90. The maximum Gasteiger partial charge on any atom is 0.319 e. The van der Waals surface area contributed by atoms with Gasteiger partial charge >= 0.3 is 6.03 Å². The van der Waals surface area contributed by atoms with E-state index in [2.05, 4.69) is 15.6 Å². The quantitative estimate of drug-likeness (QED) is 0.764. The molecule has 0 radical (unpaired) electrons. The Labute approximate surface area is 134 Å².